The molecule has 0 saturated heterocycles. The molecule has 0 unspecified atom stereocenters. The second kappa shape index (κ2) is 10.5. The summed E-state index contributed by atoms with van der Waals surface area (Å²) < 4.78 is 23.6. The van der Waals surface area contributed by atoms with Gasteiger partial charge in [0.1, 0.15) is 5.82 Å². The number of amides is 1. The molecular formula is C21H20FN3O4S. The monoisotopic (exact) mass is 429 g/mol. The van der Waals surface area contributed by atoms with E-state index in [1.165, 1.54) is 24.3 Å². The Kier molecular flexibility index (Phi) is 7.56. The Labute approximate surface area is 177 Å². The number of anilines is 1. The van der Waals surface area contributed by atoms with E-state index in [9.17, 15) is 14.0 Å². The zero-order valence-electron chi connectivity index (χ0n) is 16.3. The van der Waals surface area contributed by atoms with E-state index in [0.717, 1.165) is 24.6 Å². The molecule has 1 amide bonds. The summed E-state index contributed by atoms with van der Waals surface area (Å²) >= 11 is 1.09. The third kappa shape index (κ3) is 6.15. The fraction of sp³-hybridized carbons (Fsp3) is 0.238. The third-order valence-corrected chi connectivity index (χ3v) is 4.78. The first-order chi connectivity index (χ1) is 14.5. The molecule has 0 atom stereocenters. The second-order valence-electron chi connectivity index (χ2n) is 6.28. The Balaban J connectivity index is 1.48. The largest absolute Gasteiger partial charge is 0.462 e. The van der Waals surface area contributed by atoms with Gasteiger partial charge in [-0.1, -0.05) is 25.1 Å². The average molecular weight is 429 g/mol. The van der Waals surface area contributed by atoms with Crippen LogP contribution in [-0.2, 0) is 9.53 Å². The lowest BCUT2D eigenvalue weighted by molar-refractivity contribution is -0.113. The summed E-state index contributed by atoms with van der Waals surface area (Å²) in [5.41, 5.74) is 1.58. The molecule has 1 heterocycles. The van der Waals surface area contributed by atoms with E-state index in [0.29, 0.717) is 23.4 Å². The number of hydrogen-bond donors (Lipinski definition) is 1. The quantitative estimate of drug-likeness (QED) is 0.303. The molecule has 0 aliphatic carbocycles. The number of hydrogen-bond acceptors (Lipinski definition) is 7. The molecule has 156 valence electrons. The normalized spacial score (nSPS) is 10.6. The molecule has 9 heteroatoms. The highest BCUT2D eigenvalue weighted by Gasteiger charge is 2.12. The zero-order chi connectivity index (χ0) is 21.3. The van der Waals surface area contributed by atoms with E-state index < -0.39 is 0 Å². The smallest absolute Gasteiger partial charge is 0.338 e. The predicted molar refractivity (Wildman–Crippen MR) is 111 cm³/mol. The fourth-order valence-corrected chi connectivity index (χ4v) is 2.95. The molecule has 0 spiro atoms. The summed E-state index contributed by atoms with van der Waals surface area (Å²) in [4.78, 5) is 24.0. The molecule has 0 aliphatic heterocycles. The van der Waals surface area contributed by atoms with Crippen LogP contribution in [0.1, 0.15) is 30.1 Å². The van der Waals surface area contributed by atoms with Gasteiger partial charge in [-0.05, 0) is 55.0 Å². The summed E-state index contributed by atoms with van der Waals surface area (Å²) in [6, 6.07) is 12.1. The van der Waals surface area contributed by atoms with Gasteiger partial charge in [-0.25, -0.2) is 9.18 Å². The van der Waals surface area contributed by atoms with Crippen molar-refractivity contribution in [2.45, 2.75) is 25.0 Å². The highest BCUT2D eigenvalue weighted by molar-refractivity contribution is 7.99. The van der Waals surface area contributed by atoms with Crippen molar-refractivity contribution in [1.82, 2.24) is 10.2 Å². The minimum atomic E-state index is -0.384. The van der Waals surface area contributed by atoms with E-state index in [2.05, 4.69) is 15.5 Å². The van der Waals surface area contributed by atoms with Crippen molar-refractivity contribution < 1.29 is 23.1 Å². The molecule has 0 radical (unpaired) electrons. The fourth-order valence-electron chi connectivity index (χ4n) is 2.38. The van der Waals surface area contributed by atoms with Crippen molar-refractivity contribution in [3.63, 3.8) is 0 Å². The van der Waals surface area contributed by atoms with Crippen LogP contribution >= 0.6 is 11.8 Å². The van der Waals surface area contributed by atoms with Crippen LogP contribution in [0.4, 0.5) is 10.1 Å². The third-order valence-electron chi connectivity index (χ3n) is 3.96. The SMILES string of the molecule is CCCCOC(=O)c1ccc(NC(=O)CSc2nnc(-c3ccc(F)cc3)o2)cc1. The highest BCUT2D eigenvalue weighted by Crippen LogP contribution is 2.23. The number of nitrogens with one attached hydrogen (secondary N) is 1. The van der Waals surface area contributed by atoms with Gasteiger partial charge >= 0.3 is 5.97 Å². The first-order valence-corrected chi connectivity index (χ1v) is 10.3. The maximum absolute atomic E-state index is 13.0. The minimum Gasteiger partial charge on any atom is -0.462 e. The van der Waals surface area contributed by atoms with E-state index in [1.54, 1.807) is 24.3 Å². The van der Waals surface area contributed by atoms with Crippen molar-refractivity contribution in [3.8, 4) is 11.5 Å². The van der Waals surface area contributed by atoms with Crippen LogP contribution in [0.5, 0.6) is 0 Å². The number of halogens is 1. The van der Waals surface area contributed by atoms with Crippen LogP contribution in [0.3, 0.4) is 0 Å². The lowest BCUT2D eigenvalue weighted by atomic mass is 10.2. The van der Waals surface area contributed by atoms with Gasteiger partial charge < -0.3 is 14.5 Å². The number of unbranched alkanes of at least 4 members (excludes halogenated alkanes) is 1. The molecule has 0 saturated carbocycles. The van der Waals surface area contributed by atoms with Crippen molar-refractivity contribution in [1.29, 1.82) is 0 Å². The van der Waals surface area contributed by atoms with E-state index in [-0.39, 0.29) is 34.6 Å². The molecular weight excluding hydrogens is 409 g/mol. The summed E-state index contributed by atoms with van der Waals surface area (Å²) in [6.07, 6.45) is 1.77. The second-order valence-corrected chi connectivity index (χ2v) is 7.21. The molecule has 30 heavy (non-hydrogen) atoms. The van der Waals surface area contributed by atoms with Crippen LogP contribution in [-0.4, -0.2) is 34.4 Å². The maximum atomic E-state index is 13.0. The predicted octanol–water partition coefficient (Wildman–Crippen LogP) is 4.56. The molecule has 3 aromatic rings. The molecule has 1 N–H and O–H groups in total. The number of carbonyl (C=O) groups is 2. The van der Waals surface area contributed by atoms with E-state index in [4.69, 9.17) is 9.15 Å². The van der Waals surface area contributed by atoms with Crippen molar-refractivity contribution in [3.05, 3.63) is 59.9 Å². The Morgan fingerprint density at radius 2 is 1.83 bits per heavy atom. The lowest BCUT2D eigenvalue weighted by Crippen LogP contribution is -2.14. The van der Waals surface area contributed by atoms with Crippen molar-refractivity contribution in [2.24, 2.45) is 0 Å². The summed E-state index contributed by atoms with van der Waals surface area (Å²) in [6.45, 7) is 2.41. The molecule has 7 nitrogen and oxygen atoms in total. The standard InChI is InChI=1S/C21H20FN3O4S/c1-2-3-12-28-20(27)15-6-10-17(11-7-15)23-18(26)13-30-21-25-24-19(29-21)14-4-8-16(22)9-5-14/h4-11H,2-3,12-13H2,1H3,(H,23,26). The number of nitrogens with zero attached hydrogens (tertiary/aromatic N) is 2. The number of ether oxygens (including phenoxy) is 1. The summed E-state index contributed by atoms with van der Waals surface area (Å²) in [5.74, 6) is -0.693. The number of esters is 1. The Morgan fingerprint density at radius 3 is 2.53 bits per heavy atom. The van der Waals surface area contributed by atoms with Crippen LogP contribution in [0, 0.1) is 5.82 Å². The molecule has 0 aliphatic rings. The van der Waals surface area contributed by atoms with Crippen LogP contribution in [0.2, 0.25) is 0 Å². The van der Waals surface area contributed by atoms with Crippen molar-refractivity contribution in [2.75, 3.05) is 17.7 Å². The zero-order valence-corrected chi connectivity index (χ0v) is 17.1. The molecule has 2 aromatic carbocycles. The Morgan fingerprint density at radius 1 is 1.10 bits per heavy atom. The number of carbonyl (C=O) groups excluding carboxylic acids is 2. The van der Waals surface area contributed by atoms with Gasteiger partial charge in [0, 0.05) is 11.3 Å². The van der Waals surface area contributed by atoms with Crippen LogP contribution in [0.15, 0.2) is 58.2 Å². The van der Waals surface area contributed by atoms with Gasteiger partial charge in [0.05, 0.1) is 17.9 Å². The number of benzene rings is 2. The number of rotatable bonds is 9. The first kappa shape index (κ1) is 21.5. The van der Waals surface area contributed by atoms with Gasteiger partial charge in [0.2, 0.25) is 11.8 Å². The minimum absolute atomic E-state index is 0.0614. The molecule has 1 aromatic heterocycles. The van der Waals surface area contributed by atoms with Crippen LogP contribution in [0.25, 0.3) is 11.5 Å². The van der Waals surface area contributed by atoms with E-state index in [1.807, 2.05) is 6.92 Å². The Bertz CT molecular complexity index is 990. The van der Waals surface area contributed by atoms with Gasteiger partial charge in [0.15, 0.2) is 0 Å². The van der Waals surface area contributed by atoms with Gasteiger partial charge in [-0.15, -0.1) is 10.2 Å². The first-order valence-electron chi connectivity index (χ1n) is 9.34. The number of aromatic nitrogens is 2. The van der Waals surface area contributed by atoms with Crippen LogP contribution < -0.4 is 5.32 Å². The highest BCUT2D eigenvalue weighted by atomic mass is 32.2. The molecule has 0 fully saturated rings. The Hall–Kier alpha value is -3.20. The topological polar surface area (TPSA) is 94.3 Å². The maximum Gasteiger partial charge on any atom is 0.338 e. The van der Waals surface area contributed by atoms with Gasteiger partial charge in [0.25, 0.3) is 5.22 Å². The van der Waals surface area contributed by atoms with Crippen molar-refractivity contribution >= 4 is 29.3 Å². The lowest BCUT2D eigenvalue weighted by Gasteiger charge is -2.06. The average Bonchev–Trinajstić information content (AvgIpc) is 3.22. The summed E-state index contributed by atoms with van der Waals surface area (Å²) in [5, 5.41) is 10.7. The van der Waals surface area contributed by atoms with Gasteiger partial charge in [-0.2, -0.15) is 0 Å². The van der Waals surface area contributed by atoms with E-state index >= 15 is 0 Å². The molecule has 3 rings (SSSR count). The number of thioether (sulfide) groups is 1. The van der Waals surface area contributed by atoms with Gasteiger partial charge in [-0.3, -0.25) is 4.79 Å². The summed E-state index contributed by atoms with van der Waals surface area (Å²) in [7, 11) is 0. The molecule has 0 bridgehead atoms.